The second-order valence-electron chi connectivity index (χ2n) is 5.95. The van der Waals surface area contributed by atoms with Crippen LogP contribution >= 0.6 is 0 Å². The fraction of sp³-hybridized carbons (Fsp3) is 0.368. The maximum Gasteiger partial charge on any atom is 0.261 e. The molecule has 0 unspecified atom stereocenters. The van der Waals surface area contributed by atoms with Crippen LogP contribution in [0, 0.1) is 0 Å². The van der Waals surface area contributed by atoms with Crippen LogP contribution in [0.15, 0.2) is 30.3 Å². The Morgan fingerprint density at radius 3 is 2.50 bits per heavy atom. The molecule has 0 aromatic heterocycles. The molecule has 2 aromatic carbocycles. The Labute approximate surface area is 141 Å². The fourth-order valence-corrected chi connectivity index (χ4v) is 3.03. The number of nitrogens with two attached hydrogens (primary N) is 1. The molecule has 0 radical (unpaired) electrons. The highest BCUT2D eigenvalue weighted by Gasteiger charge is 2.32. The van der Waals surface area contributed by atoms with Crippen molar-refractivity contribution in [2.45, 2.75) is 26.2 Å². The van der Waals surface area contributed by atoms with Crippen molar-refractivity contribution < 1.29 is 14.3 Å². The summed E-state index contributed by atoms with van der Waals surface area (Å²) in [4.78, 5) is 26.8. The Balaban J connectivity index is 2.06. The van der Waals surface area contributed by atoms with Crippen LogP contribution < -0.4 is 10.5 Å². The molecule has 0 spiro atoms. The Morgan fingerprint density at radius 1 is 1.04 bits per heavy atom. The zero-order valence-corrected chi connectivity index (χ0v) is 13.9. The maximum atomic E-state index is 12.7. The molecule has 5 heteroatoms. The van der Waals surface area contributed by atoms with E-state index in [-0.39, 0.29) is 11.8 Å². The van der Waals surface area contributed by atoms with Crippen molar-refractivity contribution >= 4 is 22.6 Å². The summed E-state index contributed by atoms with van der Waals surface area (Å²) in [5.41, 5.74) is 6.64. The molecule has 126 valence electrons. The van der Waals surface area contributed by atoms with Crippen LogP contribution in [-0.2, 0) is 0 Å². The molecule has 1 aliphatic heterocycles. The highest BCUT2D eigenvalue weighted by Crippen LogP contribution is 2.35. The topological polar surface area (TPSA) is 72.6 Å². The highest BCUT2D eigenvalue weighted by atomic mass is 16.5. The van der Waals surface area contributed by atoms with Crippen molar-refractivity contribution in [1.82, 2.24) is 4.90 Å². The van der Waals surface area contributed by atoms with E-state index < -0.39 is 0 Å². The summed E-state index contributed by atoms with van der Waals surface area (Å²) in [5.74, 6) is 0.253. The van der Waals surface area contributed by atoms with Crippen molar-refractivity contribution in [1.29, 1.82) is 0 Å². The van der Waals surface area contributed by atoms with Crippen LogP contribution in [0.2, 0.25) is 0 Å². The quantitative estimate of drug-likeness (QED) is 0.627. The Hall–Kier alpha value is -2.40. The molecule has 24 heavy (non-hydrogen) atoms. The predicted molar refractivity (Wildman–Crippen MR) is 93.4 cm³/mol. The molecule has 0 bridgehead atoms. The van der Waals surface area contributed by atoms with Gasteiger partial charge in [-0.15, -0.1) is 0 Å². The number of amides is 2. The number of hydrogen-bond acceptors (Lipinski definition) is 4. The van der Waals surface area contributed by atoms with Crippen LogP contribution in [-0.4, -0.2) is 36.4 Å². The van der Waals surface area contributed by atoms with E-state index in [9.17, 15) is 9.59 Å². The predicted octanol–water partition coefficient (Wildman–Crippen LogP) is 2.96. The lowest BCUT2D eigenvalue weighted by atomic mass is 9.93. The Morgan fingerprint density at radius 2 is 1.79 bits per heavy atom. The van der Waals surface area contributed by atoms with Gasteiger partial charge >= 0.3 is 0 Å². The first kappa shape index (κ1) is 16.5. The number of rotatable bonds is 7. The number of benzene rings is 2. The van der Waals surface area contributed by atoms with Crippen molar-refractivity contribution in [3.05, 3.63) is 41.5 Å². The molecule has 2 aromatic rings. The van der Waals surface area contributed by atoms with Crippen LogP contribution in [0.5, 0.6) is 5.75 Å². The number of imide groups is 1. The van der Waals surface area contributed by atoms with E-state index in [4.69, 9.17) is 10.5 Å². The molecule has 0 fully saturated rings. The lowest BCUT2D eigenvalue weighted by molar-refractivity contribution is 0.0608. The zero-order valence-electron chi connectivity index (χ0n) is 13.9. The number of carbonyl (C=O) groups is 2. The summed E-state index contributed by atoms with van der Waals surface area (Å²) in [6, 6.07) is 9.08. The maximum absolute atomic E-state index is 12.7. The lowest BCUT2D eigenvalue weighted by Gasteiger charge is -2.27. The third kappa shape index (κ3) is 2.76. The average Bonchev–Trinajstić information content (AvgIpc) is 2.60. The normalized spacial score (nSPS) is 13.7. The molecule has 5 nitrogen and oxygen atoms in total. The third-order valence-corrected chi connectivity index (χ3v) is 4.29. The van der Waals surface area contributed by atoms with Crippen LogP contribution in [0.4, 0.5) is 0 Å². The van der Waals surface area contributed by atoms with Crippen molar-refractivity contribution in [2.24, 2.45) is 5.73 Å². The SMILES string of the molecule is CCCCN1C(=O)c2cccc3c(OCCCN)ccc(c23)C1=O. The number of carbonyl (C=O) groups excluding carboxylic acids is 2. The smallest absolute Gasteiger partial charge is 0.261 e. The van der Waals surface area contributed by atoms with Gasteiger partial charge in [0.25, 0.3) is 11.8 Å². The first-order chi connectivity index (χ1) is 11.7. The van der Waals surface area contributed by atoms with Gasteiger partial charge in [-0.2, -0.15) is 0 Å². The van der Waals surface area contributed by atoms with Gasteiger partial charge in [0.1, 0.15) is 5.75 Å². The number of unbranched alkanes of at least 4 members (excludes halogenated alkanes) is 1. The van der Waals surface area contributed by atoms with Crippen molar-refractivity contribution in [3.8, 4) is 5.75 Å². The fourth-order valence-electron chi connectivity index (χ4n) is 3.03. The summed E-state index contributed by atoms with van der Waals surface area (Å²) in [6.07, 6.45) is 2.50. The molecule has 0 atom stereocenters. The summed E-state index contributed by atoms with van der Waals surface area (Å²) < 4.78 is 5.78. The molecule has 0 aliphatic carbocycles. The monoisotopic (exact) mass is 326 g/mol. The molecule has 0 saturated carbocycles. The summed E-state index contributed by atoms with van der Waals surface area (Å²) in [5, 5.41) is 1.50. The second kappa shape index (κ2) is 7.01. The highest BCUT2D eigenvalue weighted by molar-refractivity contribution is 6.26. The van der Waals surface area contributed by atoms with E-state index in [1.54, 1.807) is 12.1 Å². The first-order valence-electron chi connectivity index (χ1n) is 8.43. The largest absolute Gasteiger partial charge is 0.493 e. The number of hydrogen-bond donors (Lipinski definition) is 1. The van der Waals surface area contributed by atoms with Gasteiger partial charge in [0.05, 0.1) is 6.61 Å². The van der Waals surface area contributed by atoms with Crippen LogP contribution in [0.25, 0.3) is 10.8 Å². The minimum atomic E-state index is -0.217. The van der Waals surface area contributed by atoms with Crippen molar-refractivity contribution in [2.75, 3.05) is 19.7 Å². The van der Waals surface area contributed by atoms with Gasteiger partial charge in [-0.1, -0.05) is 25.5 Å². The van der Waals surface area contributed by atoms with Crippen molar-refractivity contribution in [3.63, 3.8) is 0 Å². The molecule has 1 heterocycles. The molecule has 3 rings (SSSR count). The van der Waals surface area contributed by atoms with E-state index in [1.807, 2.05) is 25.1 Å². The lowest BCUT2D eigenvalue weighted by Crippen LogP contribution is -2.40. The zero-order chi connectivity index (χ0) is 17.1. The molecular weight excluding hydrogens is 304 g/mol. The minimum Gasteiger partial charge on any atom is -0.493 e. The summed E-state index contributed by atoms with van der Waals surface area (Å²) in [6.45, 7) is 3.57. The van der Waals surface area contributed by atoms with Gasteiger partial charge in [0, 0.05) is 28.4 Å². The third-order valence-electron chi connectivity index (χ3n) is 4.29. The molecule has 0 saturated heterocycles. The first-order valence-corrected chi connectivity index (χ1v) is 8.43. The average molecular weight is 326 g/mol. The van der Waals surface area contributed by atoms with Gasteiger partial charge in [0.15, 0.2) is 0 Å². The molecule has 2 amide bonds. The number of nitrogens with zero attached hydrogens (tertiary/aromatic N) is 1. The standard InChI is InChI=1S/C19H22N2O3/c1-2-3-11-21-18(22)14-7-4-6-13-16(24-12-5-10-20)9-8-15(17(13)14)19(21)23/h4,6-9H,2-3,5,10-12,20H2,1H3. The molecule has 2 N–H and O–H groups in total. The summed E-state index contributed by atoms with van der Waals surface area (Å²) in [7, 11) is 0. The van der Waals surface area contributed by atoms with Gasteiger partial charge in [-0.3, -0.25) is 14.5 Å². The summed E-state index contributed by atoms with van der Waals surface area (Å²) >= 11 is 0. The Kier molecular flexibility index (Phi) is 4.81. The molecule has 1 aliphatic rings. The van der Waals surface area contributed by atoms with E-state index in [2.05, 4.69) is 0 Å². The van der Waals surface area contributed by atoms with E-state index >= 15 is 0 Å². The van der Waals surface area contributed by atoms with E-state index in [1.165, 1.54) is 4.90 Å². The molecular formula is C19H22N2O3. The van der Waals surface area contributed by atoms with E-state index in [0.29, 0.717) is 42.0 Å². The van der Waals surface area contributed by atoms with Crippen LogP contribution in [0.1, 0.15) is 46.9 Å². The van der Waals surface area contributed by atoms with Gasteiger partial charge in [0.2, 0.25) is 0 Å². The van der Waals surface area contributed by atoms with Gasteiger partial charge in [-0.05, 0) is 37.6 Å². The van der Waals surface area contributed by atoms with Crippen LogP contribution in [0.3, 0.4) is 0 Å². The van der Waals surface area contributed by atoms with Gasteiger partial charge < -0.3 is 10.5 Å². The van der Waals surface area contributed by atoms with Gasteiger partial charge in [-0.25, -0.2) is 0 Å². The number of ether oxygens (including phenoxy) is 1. The second-order valence-corrected chi connectivity index (χ2v) is 5.95. The van der Waals surface area contributed by atoms with E-state index in [0.717, 1.165) is 24.6 Å². The minimum absolute atomic E-state index is 0.217. The Bertz CT molecular complexity index is 763.